The summed E-state index contributed by atoms with van der Waals surface area (Å²) in [6.07, 6.45) is 1.65. The number of nitrogens with one attached hydrogen (secondary N) is 1. The van der Waals surface area contributed by atoms with Gasteiger partial charge in [0.1, 0.15) is 5.75 Å². The van der Waals surface area contributed by atoms with Crippen LogP contribution in [0, 0.1) is 0 Å². The fourth-order valence-electron chi connectivity index (χ4n) is 3.11. The SMILES string of the molecule is COc1cccc(CNC(CN2CCCC2=O)c2ccccc2)c1. The minimum atomic E-state index is 0.124. The number of hydrogen-bond acceptors (Lipinski definition) is 3. The molecule has 1 N–H and O–H groups in total. The summed E-state index contributed by atoms with van der Waals surface area (Å²) in [5.41, 5.74) is 2.38. The van der Waals surface area contributed by atoms with Crippen LogP contribution >= 0.6 is 0 Å². The van der Waals surface area contributed by atoms with Gasteiger partial charge in [0, 0.05) is 26.1 Å². The van der Waals surface area contributed by atoms with Gasteiger partial charge in [-0.05, 0) is 29.7 Å². The normalized spacial score (nSPS) is 15.5. The summed E-state index contributed by atoms with van der Waals surface area (Å²) < 4.78 is 5.29. The molecule has 0 bridgehead atoms. The van der Waals surface area contributed by atoms with Crippen LogP contribution in [0.15, 0.2) is 54.6 Å². The van der Waals surface area contributed by atoms with Gasteiger partial charge < -0.3 is 15.0 Å². The number of likely N-dealkylation sites (tertiary alicyclic amines) is 1. The molecule has 2 aromatic carbocycles. The molecule has 1 amide bonds. The Bertz CT molecular complexity index is 672. The average Bonchev–Trinajstić information content (AvgIpc) is 3.04. The molecule has 4 heteroatoms. The Labute approximate surface area is 143 Å². The largest absolute Gasteiger partial charge is 0.497 e. The minimum Gasteiger partial charge on any atom is -0.497 e. The predicted octanol–water partition coefficient (Wildman–Crippen LogP) is 3.15. The third-order valence-electron chi connectivity index (χ3n) is 4.46. The van der Waals surface area contributed by atoms with Crippen molar-refractivity contribution in [3.8, 4) is 5.75 Å². The lowest BCUT2D eigenvalue weighted by molar-refractivity contribution is -0.128. The molecule has 0 saturated carbocycles. The zero-order valence-corrected chi connectivity index (χ0v) is 14.1. The zero-order chi connectivity index (χ0) is 16.8. The molecule has 1 fully saturated rings. The van der Waals surface area contributed by atoms with Crippen molar-refractivity contribution in [3.05, 3.63) is 65.7 Å². The van der Waals surface area contributed by atoms with Crippen molar-refractivity contribution in [1.82, 2.24) is 10.2 Å². The molecule has 1 atom stereocenters. The molecule has 4 nitrogen and oxygen atoms in total. The van der Waals surface area contributed by atoms with Crippen LogP contribution in [0.25, 0.3) is 0 Å². The second-order valence-corrected chi connectivity index (χ2v) is 6.14. The fourth-order valence-corrected chi connectivity index (χ4v) is 3.11. The Kier molecular flexibility index (Phi) is 5.49. The topological polar surface area (TPSA) is 41.6 Å². The second kappa shape index (κ2) is 7.97. The molecule has 24 heavy (non-hydrogen) atoms. The van der Waals surface area contributed by atoms with Crippen LogP contribution in [0.4, 0.5) is 0 Å². The molecule has 0 aliphatic carbocycles. The van der Waals surface area contributed by atoms with Gasteiger partial charge in [0.05, 0.1) is 13.2 Å². The molecule has 2 aromatic rings. The van der Waals surface area contributed by atoms with Crippen molar-refractivity contribution in [3.63, 3.8) is 0 Å². The Morgan fingerprint density at radius 3 is 2.71 bits per heavy atom. The molecule has 126 valence electrons. The van der Waals surface area contributed by atoms with Gasteiger partial charge in [0.15, 0.2) is 0 Å². The molecule has 0 radical (unpaired) electrons. The Morgan fingerprint density at radius 1 is 1.17 bits per heavy atom. The highest BCUT2D eigenvalue weighted by Gasteiger charge is 2.24. The highest BCUT2D eigenvalue weighted by atomic mass is 16.5. The van der Waals surface area contributed by atoms with E-state index >= 15 is 0 Å². The van der Waals surface area contributed by atoms with E-state index in [1.807, 2.05) is 41.3 Å². The summed E-state index contributed by atoms with van der Waals surface area (Å²) >= 11 is 0. The summed E-state index contributed by atoms with van der Waals surface area (Å²) in [5.74, 6) is 1.12. The van der Waals surface area contributed by atoms with Crippen molar-refractivity contribution >= 4 is 5.91 Å². The van der Waals surface area contributed by atoms with Crippen molar-refractivity contribution in [1.29, 1.82) is 0 Å². The van der Waals surface area contributed by atoms with E-state index in [4.69, 9.17) is 4.74 Å². The third-order valence-corrected chi connectivity index (χ3v) is 4.46. The van der Waals surface area contributed by atoms with Gasteiger partial charge in [0.2, 0.25) is 5.91 Å². The van der Waals surface area contributed by atoms with Gasteiger partial charge in [-0.15, -0.1) is 0 Å². The van der Waals surface area contributed by atoms with Gasteiger partial charge in [-0.1, -0.05) is 42.5 Å². The van der Waals surface area contributed by atoms with Crippen LogP contribution in [0.3, 0.4) is 0 Å². The average molecular weight is 324 g/mol. The first-order valence-electron chi connectivity index (χ1n) is 8.45. The summed E-state index contributed by atoms with van der Waals surface area (Å²) in [4.78, 5) is 13.9. The van der Waals surface area contributed by atoms with E-state index in [9.17, 15) is 4.79 Å². The number of carbonyl (C=O) groups excluding carboxylic acids is 1. The van der Waals surface area contributed by atoms with Gasteiger partial charge in [-0.3, -0.25) is 4.79 Å². The number of rotatable bonds is 7. The first-order chi connectivity index (χ1) is 11.8. The summed E-state index contributed by atoms with van der Waals surface area (Å²) in [6.45, 7) is 2.31. The lowest BCUT2D eigenvalue weighted by Gasteiger charge is -2.25. The van der Waals surface area contributed by atoms with Crippen LogP contribution in [0.2, 0.25) is 0 Å². The van der Waals surface area contributed by atoms with E-state index in [0.717, 1.165) is 25.3 Å². The highest BCUT2D eigenvalue weighted by Crippen LogP contribution is 2.20. The maximum absolute atomic E-state index is 12.0. The molecular weight excluding hydrogens is 300 g/mol. The maximum Gasteiger partial charge on any atom is 0.222 e. The number of methoxy groups -OCH3 is 1. The number of carbonyl (C=O) groups is 1. The third kappa shape index (κ3) is 4.15. The quantitative estimate of drug-likeness (QED) is 0.851. The molecule has 3 rings (SSSR count). The van der Waals surface area contributed by atoms with Gasteiger partial charge in [0.25, 0.3) is 0 Å². The van der Waals surface area contributed by atoms with Crippen molar-refractivity contribution in [2.24, 2.45) is 0 Å². The molecule has 1 unspecified atom stereocenters. The number of amides is 1. The first-order valence-corrected chi connectivity index (χ1v) is 8.45. The van der Waals surface area contributed by atoms with E-state index in [-0.39, 0.29) is 11.9 Å². The molecule has 0 aromatic heterocycles. The maximum atomic E-state index is 12.0. The monoisotopic (exact) mass is 324 g/mol. The van der Waals surface area contributed by atoms with Crippen molar-refractivity contribution in [2.75, 3.05) is 20.2 Å². The van der Waals surface area contributed by atoms with Crippen LogP contribution < -0.4 is 10.1 Å². The zero-order valence-electron chi connectivity index (χ0n) is 14.1. The Morgan fingerprint density at radius 2 is 2.00 bits per heavy atom. The number of hydrogen-bond donors (Lipinski definition) is 1. The smallest absolute Gasteiger partial charge is 0.222 e. The lowest BCUT2D eigenvalue weighted by atomic mass is 10.1. The first kappa shape index (κ1) is 16.5. The van der Waals surface area contributed by atoms with E-state index in [0.29, 0.717) is 13.0 Å². The van der Waals surface area contributed by atoms with E-state index in [2.05, 4.69) is 23.5 Å². The van der Waals surface area contributed by atoms with E-state index in [1.54, 1.807) is 7.11 Å². The summed E-state index contributed by atoms with van der Waals surface area (Å²) in [5, 5.41) is 3.60. The molecule has 1 aliphatic heterocycles. The summed E-state index contributed by atoms with van der Waals surface area (Å²) in [7, 11) is 1.68. The predicted molar refractivity (Wildman–Crippen MR) is 94.8 cm³/mol. The molecule has 0 spiro atoms. The number of benzene rings is 2. The van der Waals surface area contributed by atoms with Gasteiger partial charge >= 0.3 is 0 Å². The Balaban J connectivity index is 1.70. The Hall–Kier alpha value is -2.33. The molecule has 1 saturated heterocycles. The highest BCUT2D eigenvalue weighted by molar-refractivity contribution is 5.78. The number of ether oxygens (including phenoxy) is 1. The minimum absolute atomic E-state index is 0.124. The van der Waals surface area contributed by atoms with Crippen LogP contribution in [0.1, 0.15) is 30.0 Å². The van der Waals surface area contributed by atoms with Crippen LogP contribution in [0.5, 0.6) is 5.75 Å². The van der Waals surface area contributed by atoms with Crippen molar-refractivity contribution in [2.45, 2.75) is 25.4 Å². The van der Waals surface area contributed by atoms with Gasteiger partial charge in [-0.2, -0.15) is 0 Å². The lowest BCUT2D eigenvalue weighted by Crippen LogP contribution is -2.35. The fraction of sp³-hybridized carbons (Fsp3) is 0.350. The standard InChI is InChI=1S/C20H24N2O2/c1-24-18-10-5-7-16(13-18)14-21-19(17-8-3-2-4-9-17)15-22-12-6-11-20(22)23/h2-5,7-10,13,19,21H,6,11-12,14-15H2,1H3. The van der Waals surface area contributed by atoms with E-state index < -0.39 is 0 Å². The van der Waals surface area contributed by atoms with E-state index in [1.165, 1.54) is 11.1 Å². The molecule has 1 aliphatic rings. The van der Waals surface area contributed by atoms with Crippen LogP contribution in [-0.4, -0.2) is 31.0 Å². The second-order valence-electron chi connectivity index (χ2n) is 6.14. The van der Waals surface area contributed by atoms with Crippen LogP contribution in [-0.2, 0) is 11.3 Å². The number of nitrogens with zero attached hydrogens (tertiary/aromatic N) is 1. The van der Waals surface area contributed by atoms with Crippen molar-refractivity contribution < 1.29 is 9.53 Å². The molecular formula is C20H24N2O2. The molecule has 1 heterocycles. The summed E-state index contributed by atoms with van der Waals surface area (Å²) in [6, 6.07) is 18.5. The van der Waals surface area contributed by atoms with Gasteiger partial charge in [-0.25, -0.2) is 0 Å².